The topological polar surface area (TPSA) is 75.4 Å². The zero-order chi connectivity index (χ0) is 19.7. The summed E-state index contributed by atoms with van der Waals surface area (Å²) in [5.74, 6) is 1.36. The molecule has 0 saturated carbocycles. The van der Waals surface area contributed by atoms with Crippen molar-refractivity contribution in [3.63, 3.8) is 0 Å². The molecule has 0 atom stereocenters. The first kappa shape index (κ1) is 18.4. The summed E-state index contributed by atoms with van der Waals surface area (Å²) in [6.45, 7) is 7.68. The Balaban J connectivity index is 1.41. The molecule has 2 aromatic carbocycles. The second-order valence-electron chi connectivity index (χ2n) is 7.43. The van der Waals surface area contributed by atoms with Gasteiger partial charge in [-0.3, -0.25) is 9.69 Å². The van der Waals surface area contributed by atoms with Gasteiger partial charge in [-0.2, -0.15) is 0 Å². The molecule has 0 bridgehead atoms. The Labute approximate surface area is 165 Å². The van der Waals surface area contributed by atoms with Crippen molar-refractivity contribution >= 4 is 22.6 Å². The lowest BCUT2D eigenvalue weighted by Crippen LogP contribution is -2.48. The van der Waals surface area contributed by atoms with Crippen molar-refractivity contribution in [1.29, 1.82) is 0 Å². The van der Waals surface area contributed by atoms with Crippen LogP contribution in [0.2, 0.25) is 0 Å². The normalized spacial score (nSPS) is 15.1. The number of anilines is 1. The van der Waals surface area contributed by atoms with E-state index in [2.05, 4.69) is 20.9 Å². The van der Waals surface area contributed by atoms with E-state index in [1.807, 2.05) is 55.1 Å². The fraction of sp³-hybridized carbons (Fsp3) is 0.318. The molecular formula is C22H25N5O. The predicted octanol–water partition coefficient (Wildman–Crippen LogP) is 2.79. The summed E-state index contributed by atoms with van der Waals surface area (Å²) >= 11 is 0. The van der Waals surface area contributed by atoms with Gasteiger partial charge in [0.05, 0.1) is 12.1 Å². The van der Waals surface area contributed by atoms with E-state index >= 15 is 0 Å². The van der Waals surface area contributed by atoms with Gasteiger partial charge in [0, 0.05) is 37.1 Å². The highest BCUT2D eigenvalue weighted by Gasteiger charge is 2.23. The van der Waals surface area contributed by atoms with Crippen molar-refractivity contribution < 1.29 is 4.79 Å². The van der Waals surface area contributed by atoms with Gasteiger partial charge in [-0.1, -0.05) is 29.8 Å². The largest absolute Gasteiger partial charge is 0.383 e. The first-order valence-corrected chi connectivity index (χ1v) is 9.61. The molecule has 4 rings (SSSR count). The highest BCUT2D eigenvalue weighted by Crippen LogP contribution is 2.19. The molecule has 28 heavy (non-hydrogen) atoms. The highest BCUT2D eigenvalue weighted by molar-refractivity contribution is 5.95. The maximum absolute atomic E-state index is 12.9. The lowest BCUT2D eigenvalue weighted by molar-refractivity contribution is 0.0625. The van der Waals surface area contributed by atoms with Crippen LogP contribution in [0.3, 0.4) is 0 Å². The van der Waals surface area contributed by atoms with Crippen LogP contribution in [0.1, 0.15) is 27.3 Å². The number of piperazine rings is 1. The molecule has 1 amide bonds. The van der Waals surface area contributed by atoms with Crippen molar-refractivity contribution in [3.05, 3.63) is 65.0 Å². The number of hydrogen-bond acceptors (Lipinski definition) is 5. The van der Waals surface area contributed by atoms with E-state index < -0.39 is 0 Å². The van der Waals surface area contributed by atoms with E-state index in [0.717, 1.165) is 40.9 Å². The number of fused-ring (bicyclic) bond motifs is 1. The number of nitrogen functional groups attached to an aromatic ring is 1. The number of para-hydroxylation sites is 1. The molecule has 1 fully saturated rings. The summed E-state index contributed by atoms with van der Waals surface area (Å²) < 4.78 is 0. The maximum atomic E-state index is 12.9. The summed E-state index contributed by atoms with van der Waals surface area (Å²) in [5.41, 5.74) is 9.96. The lowest BCUT2D eigenvalue weighted by atomic mass is 10.0. The SMILES string of the molecule is Cc1ccc(C(=O)N2CCN(Cc3nc(N)c4ccccc4n3)CC2)c(C)c1. The van der Waals surface area contributed by atoms with Crippen molar-refractivity contribution in [1.82, 2.24) is 19.8 Å². The quantitative estimate of drug-likeness (QED) is 0.762. The third-order valence-corrected chi connectivity index (χ3v) is 5.32. The second-order valence-corrected chi connectivity index (χ2v) is 7.43. The fourth-order valence-corrected chi connectivity index (χ4v) is 3.75. The summed E-state index contributed by atoms with van der Waals surface area (Å²) in [4.78, 5) is 26.2. The van der Waals surface area contributed by atoms with E-state index in [9.17, 15) is 4.79 Å². The van der Waals surface area contributed by atoms with Gasteiger partial charge in [0.15, 0.2) is 0 Å². The number of amides is 1. The molecule has 1 aromatic heterocycles. The number of carbonyl (C=O) groups is 1. The third kappa shape index (κ3) is 3.68. The maximum Gasteiger partial charge on any atom is 0.254 e. The number of carbonyl (C=O) groups excluding carboxylic acids is 1. The van der Waals surface area contributed by atoms with Gasteiger partial charge in [0.1, 0.15) is 11.6 Å². The van der Waals surface area contributed by atoms with Crippen molar-refractivity contribution in [3.8, 4) is 0 Å². The minimum atomic E-state index is 0.114. The number of aryl methyl sites for hydroxylation is 2. The second kappa shape index (κ2) is 7.56. The Bertz CT molecular complexity index is 1020. The van der Waals surface area contributed by atoms with Crippen molar-refractivity contribution in [2.45, 2.75) is 20.4 Å². The van der Waals surface area contributed by atoms with Crippen LogP contribution in [-0.2, 0) is 6.54 Å². The zero-order valence-corrected chi connectivity index (χ0v) is 16.4. The molecule has 144 valence electrons. The standard InChI is InChI=1S/C22H25N5O/c1-15-7-8-17(16(2)13-15)22(28)27-11-9-26(10-12-27)14-20-24-19-6-4-3-5-18(19)21(23)25-20/h3-8,13H,9-12,14H2,1-2H3,(H2,23,24,25). The molecule has 0 unspecified atom stereocenters. The van der Waals surface area contributed by atoms with Crippen LogP contribution in [0.4, 0.5) is 5.82 Å². The molecule has 1 saturated heterocycles. The summed E-state index contributed by atoms with van der Waals surface area (Å²) in [6.07, 6.45) is 0. The minimum absolute atomic E-state index is 0.114. The van der Waals surface area contributed by atoms with Gasteiger partial charge in [-0.15, -0.1) is 0 Å². The Morgan fingerprint density at radius 1 is 1.04 bits per heavy atom. The van der Waals surface area contributed by atoms with Crippen LogP contribution >= 0.6 is 0 Å². The summed E-state index contributed by atoms with van der Waals surface area (Å²) in [7, 11) is 0. The Morgan fingerprint density at radius 3 is 2.54 bits per heavy atom. The van der Waals surface area contributed by atoms with Gasteiger partial charge in [0.2, 0.25) is 0 Å². The molecule has 6 nitrogen and oxygen atoms in total. The van der Waals surface area contributed by atoms with Gasteiger partial charge in [0.25, 0.3) is 5.91 Å². The Hall–Kier alpha value is -2.99. The first-order valence-electron chi connectivity index (χ1n) is 9.61. The molecule has 2 heterocycles. The van der Waals surface area contributed by atoms with E-state index in [0.29, 0.717) is 25.5 Å². The lowest BCUT2D eigenvalue weighted by Gasteiger charge is -2.34. The number of hydrogen-bond donors (Lipinski definition) is 1. The van der Waals surface area contributed by atoms with E-state index in [4.69, 9.17) is 5.73 Å². The number of nitrogens with two attached hydrogens (primary N) is 1. The van der Waals surface area contributed by atoms with Gasteiger partial charge < -0.3 is 10.6 Å². The fourth-order valence-electron chi connectivity index (χ4n) is 3.75. The summed E-state index contributed by atoms with van der Waals surface area (Å²) in [6, 6.07) is 13.8. The van der Waals surface area contributed by atoms with E-state index in [1.165, 1.54) is 5.56 Å². The first-order chi connectivity index (χ1) is 13.5. The number of aromatic nitrogens is 2. The Morgan fingerprint density at radius 2 is 1.79 bits per heavy atom. The van der Waals surface area contributed by atoms with Crippen LogP contribution in [0.5, 0.6) is 0 Å². The summed E-state index contributed by atoms with van der Waals surface area (Å²) in [5, 5.41) is 0.884. The third-order valence-electron chi connectivity index (χ3n) is 5.32. The number of rotatable bonds is 3. The molecule has 2 N–H and O–H groups in total. The predicted molar refractivity (Wildman–Crippen MR) is 111 cm³/mol. The van der Waals surface area contributed by atoms with Crippen molar-refractivity contribution in [2.75, 3.05) is 31.9 Å². The van der Waals surface area contributed by atoms with Crippen LogP contribution in [0.25, 0.3) is 10.9 Å². The molecule has 3 aromatic rings. The van der Waals surface area contributed by atoms with Gasteiger partial charge in [-0.25, -0.2) is 9.97 Å². The van der Waals surface area contributed by atoms with Gasteiger partial charge >= 0.3 is 0 Å². The molecule has 1 aliphatic heterocycles. The monoisotopic (exact) mass is 375 g/mol. The van der Waals surface area contributed by atoms with Crippen LogP contribution in [0.15, 0.2) is 42.5 Å². The van der Waals surface area contributed by atoms with Crippen LogP contribution in [-0.4, -0.2) is 51.9 Å². The van der Waals surface area contributed by atoms with Crippen molar-refractivity contribution in [2.24, 2.45) is 0 Å². The van der Waals surface area contributed by atoms with Gasteiger partial charge in [-0.05, 0) is 37.6 Å². The zero-order valence-electron chi connectivity index (χ0n) is 16.4. The van der Waals surface area contributed by atoms with E-state index in [1.54, 1.807) is 0 Å². The minimum Gasteiger partial charge on any atom is -0.383 e. The number of nitrogens with zero attached hydrogens (tertiary/aromatic N) is 4. The average Bonchev–Trinajstić information content (AvgIpc) is 2.68. The smallest absolute Gasteiger partial charge is 0.254 e. The highest BCUT2D eigenvalue weighted by atomic mass is 16.2. The van der Waals surface area contributed by atoms with Crippen LogP contribution < -0.4 is 5.73 Å². The molecule has 6 heteroatoms. The Kier molecular flexibility index (Phi) is 4.96. The average molecular weight is 375 g/mol. The molecular weight excluding hydrogens is 350 g/mol. The molecule has 0 aliphatic carbocycles. The number of benzene rings is 2. The van der Waals surface area contributed by atoms with Crippen LogP contribution in [0, 0.1) is 13.8 Å². The molecule has 0 spiro atoms. The molecule has 1 aliphatic rings. The van der Waals surface area contributed by atoms with E-state index in [-0.39, 0.29) is 5.91 Å². The molecule has 0 radical (unpaired) electrons.